The van der Waals surface area contributed by atoms with Crippen LogP contribution in [0.2, 0.25) is 0 Å². The summed E-state index contributed by atoms with van der Waals surface area (Å²) >= 11 is 0. The van der Waals surface area contributed by atoms with E-state index in [9.17, 15) is 4.79 Å². The number of methoxy groups -OCH3 is 1. The molecule has 0 fully saturated rings. The highest BCUT2D eigenvalue weighted by molar-refractivity contribution is 6.24. The molecule has 0 unspecified atom stereocenters. The van der Waals surface area contributed by atoms with Crippen molar-refractivity contribution in [1.82, 2.24) is 0 Å². The van der Waals surface area contributed by atoms with Crippen LogP contribution in [0, 0.1) is 0 Å². The summed E-state index contributed by atoms with van der Waals surface area (Å²) in [4.78, 5) is 12.6. The molecule has 0 aliphatic rings. The number of carbonyl (C=O) groups excluding carboxylic acids is 1. The van der Waals surface area contributed by atoms with Crippen LogP contribution < -0.4 is 4.74 Å². The van der Waals surface area contributed by atoms with Gasteiger partial charge in [0.2, 0.25) is 0 Å². The predicted molar refractivity (Wildman–Crippen MR) is 99.1 cm³/mol. The molecule has 0 saturated carbocycles. The molecule has 2 aromatic rings. The van der Waals surface area contributed by atoms with Gasteiger partial charge in [0.25, 0.3) is 0 Å². The second-order valence-corrected chi connectivity index (χ2v) is 5.37. The van der Waals surface area contributed by atoms with E-state index in [1.807, 2.05) is 68.4 Å². The third kappa shape index (κ3) is 4.94. The molecule has 0 N–H and O–H groups in total. The Bertz CT molecular complexity index is 702. The number of ether oxygens (including phenoxy) is 3. The lowest BCUT2D eigenvalue weighted by atomic mass is 9.93. The molecule has 0 spiro atoms. The summed E-state index contributed by atoms with van der Waals surface area (Å²) in [5.41, 5.74) is 3.38. The van der Waals surface area contributed by atoms with Crippen LogP contribution in [0.1, 0.15) is 31.4 Å². The summed E-state index contributed by atoms with van der Waals surface area (Å²) in [5.74, 6) is 0.375. The predicted octanol–water partition coefficient (Wildman–Crippen LogP) is 4.55. The molecule has 2 aromatic carbocycles. The van der Waals surface area contributed by atoms with Gasteiger partial charge in [-0.15, -0.1) is 0 Å². The normalized spacial score (nSPS) is 11.6. The number of rotatable bonds is 8. The van der Waals surface area contributed by atoms with Crippen molar-refractivity contribution in [2.24, 2.45) is 0 Å². The zero-order valence-electron chi connectivity index (χ0n) is 15.0. The van der Waals surface area contributed by atoms with Gasteiger partial charge < -0.3 is 14.2 Å². The standard InChI is InChI=1S/C21H24O4/c1-4-19(16-9-7-6-8-10-16)20(21(22)24-5-2)17-11-13-18(14-12-17)25-15-23-3/h6-14H,4-5,15H2,1-3H3. The minimum Gasteiger partial charge on any atom is -0.468 e. The SMILES string of the molecule is CCOC(=O)C(=C(CC)c1ccccc1)c1ccc(OCOC)cc1. The third-order valence-corrected chi connectivity index (χ3v) is 3.74. The molecular formula is C21H24O4. The van der Waals surface area contributed by atoms with Crippen LogP contribution in [0.4, 0.5) is 0 Å². The molecule has 0 atom stereocenters. The highest BCUT2D eigenvalue weighted by Crippen LogP contribution is 2.31. The largest absolute Gasteiger partial charge is 0.468 e. The minimum atomic E-state index is -0.311. The van der Waals surface area contributed by atoms with E-state index < -0.39 is 0 Å². The second-order valence-electron chi connectivity index (χ2n) is 5.37. The first kappa shape index (κ1) is 18.7. The Morgan fingerprint density at radius 3 is 2.16 bits per heavy atom. The number of carbonyl (C=O) groups is 1. The molecule has 25 heavy (non-hydrogen) atoms. The maximum atomic E-state index is 12.6. The number of benzene rings is 2. The van der Waals surface area contributed by atoms with Crippen molar-refractivity contribution in [2.45, 2.75) is 20.3 Å². The molecule has 0 aliphatic heterocycles. The van der Waals surface area contributed by atoms with Crippen molar-refractivity contribution in [3.05, 3.63) is 65.7 Å². The Hall–Kier alpha value is -2.59. The van der Waals surface area contributed by atoms with Gasteiger partial charge in [-0.1, -0.05) is 49.4 Å². The Morgan fingerprint density at radius 1 is 0.920 bits per heavy atom. The fourth-order valence-electron chi connectivity index (χ4n) is 2.63. The van der Waals surface area contributed by atoms with Crippen LogP contribution in [-0.2, 0) is 14.3 Å². The zero-order valence-corrected chi connectivity index (χ0v) is 15.0. The smallest absolute Gasteiger partial charge is 0.339 e. The summed E-state index contributed by atoms with van der Waals surface area (Å²) in [6, 6.07) is 17.3. The first-order valence-corrected chi connectivity index (χ1v) is 8.39. The van der Waals surface area contributed by atoms with Crippen LogP contribution in [0.3, 0.4) is 0 Å². The van der Waals surface area contributed by atoms with Gasteiger partial charge in [0.05, 0.1) is 12.2 Å². The van der Waals surface area contributed by atoms with Gasteiger partial charge in [-0.25, -0.2) is 4.79 Å². The summed E-state index contributed by atoms with van der Waals surface area (Å²) in [6.45, 7) is 4.37. The Balaban J connectivity index is 2.48. The van der Waals surface area contributed by atoms with Crippen LogP contribution in [0.25, 0.3) is 11.1 Å². The molecule has 4 nitrogen and oxygen atoms in total. The van der Waals surface area contributed by atoms with Crippen molar-refractivity contribution >= 4 is 17.1 Å². The maximum absolute atomic E-state index is 12.6. The lowest BCUT2D eigenvalue weighted by Gasteiger charge is -2.15. The van der Waals surface area contributed by atoms with Gasteiger partial charge in [-0.3, -0.25) is 0 Å². The first-order valence-electron chi connectivity index (χ1n) is 8.39. The fourth-order valence-corrected chi connectivity index (χ4v) is 2.63. The molecular weight excluding hydrogens is 316 g/mol. The van der Waals surface area contributed by atoms with Crippen LogP contribution in [0.5, 0.6) is 5.75 Å². The monoisotopic (exact) mass is 340 g/mol. The summed E-state index contributed by atoms with van der Waals surface area (Å²) < 4.78 is 15.6. The molecule has 132 valence electrons. The van der Waals surface area contributed by atoms with E-state index in [-0.39, 0.29) is 12.8 Å². The molecule has 0 heterocycles. The van der Waals surface area contributed by atoms with E-state index in [4.69, 9.17) is 14.2 Å². The van der Waals surface area contributed by atoms with Gasteiger partial charge in [-0.2, -0.15) is 0 Å². The average molecular weight is 340 g/mol. The molecule has 0 radical (unpaired) electrons. The Morgan fingerprint density at radius 2 is 1.60 bits per heavy atom. The average Bonchev–Trinajstić information content (AvgIpc) is 2.65. The van der Waals surface area contributed by atoms with E-state index in [1.54, 1.807) is 7.11 Å². The van der Waals surface area contributed by atoms with E-state index >= 15 is 0 Å². The lowest BCUT2D eigenvalue weighted by molar-refractivity contribution is -0.136. The molecule has 0 saturated heterocycles. The van der Waals surface area contributed by atoms with Gasteiger partial charge in [0, 0.05) is 7.11 Å². The van der Waals surface area contributed by atoms with Crippen LogP contribution in [0.15, 0.2) is 54.6 Å². The van der Waals surface area contributed by atoms with Crippen LogP contribution in [-0.4, -0.2) is 26.5 Å². The first-order chi connectivity index (χ1) is 12.2. The van der Waals surface area contributed by atoms with Crippen molar-refractivity contribution in [3.63, 3.8) is 0 Å². The van der Waals surface area contributed by atoms with E-state index in [0.29, 0.717) is 17.9 Å². The highest BCUT2D eigenvalue weighted by Gasteiger charge is 2.19. The van der Waals surface area contributed by atoms with Gasteiger partial charge in [0.15, 0.2) is 6.79 Å². The number of hydrogen-bond donors (Lipinski definition) is 0. The van der Waals surface area contributed by atoms with Crippen molar-refractivity contribution < 1.29 is 19.0 Å². The molecule has 0 aromatic heterocycles. The summed E-state index contributed by atoms with van der Waals surface area (Å²) in [5, 5.41) is 0. The number of hydrogen-bond acceptors (Lipinski definition) is 4. The van der Waals surface area contributed by atoms with Gasteiger partial charge >= 0.3 is 5.97 Å². The number of allylic oxidation sites excluding steroid dienone is 1. The summed E-state index contributed by atoms with van der Waals surface area (Å²) in [6.07, 6.45) is 0.722. The minimum absolute atomic E-state index is 0.185. The summed E-state index contributed by atoms with van der Waals surface area (Å²) in [7, 11) is 1.57. The van der Waals surface area contributed by atoms with E-state index in [1.165, 1.54) is 0 Å². The Labute approximate surface area is 149 Å². The third-order valence-electron chi connectivity index (χ3n) is 3.74. The molecule has 0 amide bonds. The number of esters is 1. The van der Waals surface area contributed by atoms with Gasteiger partial charge in [0.1, 0.15) is 5.75 Å². The fraction of sp³-hybridized carbons (Fsp3) is 0.286. The van der Waals surface area contributed by atoms with Crippen molar-refractivity contribution in [1.29, 1.82) is 0 Å². The van der Waals surface area contributed by atoms with Crippen molar-refractivity contribution in [2.75, 3.05) is 20.5 Å². The van der Waals surface area contributed by atoms with Crippen molar-refractivity contribution in [3.8, 4) is 5.75 Å². The second kappa shape index (κ2) is 9.64. The van der Waals surface area contributed by atoms with Crippen LogP contribution >= 0.6 is 0 Å². The van der Waals surface area contributed by atoms with Gasteiger partial charge in [-0.05, 0) is 42.2 Å². The lowest BCUT2D eigenvalue weighted by Crippen LogP contribution is -2.09. The molecule has 0 aliphatic carbocycles. The Kier molecular flexibility index (Phi) is 7.23. The topological polar surface area (TPSA) is 44.8 Å². The zero-order chi connectivity index (χ0) is 18.1. The van der Waals surface area contributed by atoms with E-state index in [0.717, 1.165) is 23.1 Å². The highest BCUT2D eigenvalue weighted by atomic mass is 16.7. The molecule has 4 heteroatoms. The molecule has 0 bridgehead atoms. The molecule has 2 rings (SSSR count). The quantitative estimate of drug-likeness (QED) is 0.306. The van der Waals surface area contributed by atoms with E-state index in [2.05, 4.69) is 0 Å². The maximum Gasteiger partial charge on any atom is 0.339 e.